The van der Waals surface area contributed by atoms with Gasteiger partial charge in [-0.1, -0.05) is 15.9 Å². The molecule has 4 nitrogen and oxygen atoms in total. The number of hydrogen-bond donors (Lipinski definition) is 1. The zero-order valence-corrected chi connectivity index (χ0v) is 15.0. The summed E-state index contributed by atoms with van der Waals surface area (Å²) in [7, 11) is 0. The minimum Gasteiger partial charge on any atom is -0.459 e. The molecule has 0 atom stereocenters. The topological polar surface area (TPSA) is 51.2 Å². The second kappa shape index (κ2) is 7.01. The van der Waals surface area contributed by atoms with Crippen LogP contribution in [0.5, 0.6) is 0 Å². The number of carbonyl (C=O) groups is 1. The van der Waals surface area contributed by atoms with Crippen molar-refractivity contribution in [2.24, 2.45) is 0 Å². The molecular formula is C19H17BrN2O2. The van der Waals surface area contributed by atoms with Crippen molar-refractivity contribution >= 4 is 44.2 Å². The van der Waals surface area contributed by atoms with Gasteiger partial charge < -0.3 is 10.1 Å². The molecule has 0 fully saturated rings. The lowest BCUT2D eigenvalue weighted by Crippen LogP contribution is -2.11. The van der Waals surface area contributed by atoms with Crippen LogP contribution in [0.3, 0.4) is 0 Å². The van der Waals surface area contributed by atoms with E-state index in [-0.39, 0.29) is 12.1 Å². The Morgan fingerprint density at radius 1 is 1.12 bits per heavy atom. The smallest absolute Gasteiger partial charge is 0.338 e. The van der Waals surface area contributed by atoms with Crippen LogP contribution in [0.1, 0.15) is 24.2 Å². The molecule has 1 N–H and O–H groups in total. The Morgan fingerprint density at radius 3 is 2.58 bits per heavy atom. The SMILES string of the molecule is CC(C)OC(=O)c1ccc(Nc2ccnc3cc(Br)ccc23)cc1. The minimum atomic E-state index is -0.309. The Labute approximate surface area is 149 Å². The van der Waals surface area contributed by atoms with Crippen LogP contribution in [0.4, 0.5) is 11.4 Å². The highest BCUT2D eigenvalue weighted by Crippen LogP contribution is 2.27. The number of rotatable bonds is 4. The van der Waals surface area contributed by atoms with E-state index in [2.05, 4.69) is 26.2 Å². The van der Waals surface area contributed by atoms with Crippen molar-refractivity contribution < 1.29 is 9.53 Å². The van der Waals surface area contributed by atoms with Crippen molar-refractivity contribution in [2.45, 2.75) is 20.0 Å². The quantitative estimate of drug-likeness (QED) is 0.619. The summed E-state index contributed by atoms with van der Waals surface area (Å²) >= 11 is 3.46. The molecular weight excluding hydrogens is 368 g/mol. The summed E-state index contributed by atoms with van der Waals surface area (Å²) in [6, 6.07) is 15.1. The Hall–Kier alpha value is -2.40. The van der Waals surface area contributed by atoms with Crippen LogP contribution in [0, 0.1) is 0 Å². The predicted octanol–water partition coefficient (Wildman–Crippen LogP) is 5.31. The van der Waals surface area contributed by atoms with Crippen LogP contribution in [-0.2, 0) is 4.74 Å². The number of pyridine rings is 1. The molecule has 0 amide bonds. The van der Waals surface area contributed by atoms with Crippen molar-refractivity contribution in [1.82, 2.24) is 4.98 Å². The van der Waals surface area contributed by atoms with Crippen molar-refractivity contribution in [3.63, 3.8) is 0 Å². The summed E-state index contributed by atoms with van der Waals surface area (Å²) in [5.41, 5.74) is 3.31. The molecule has 0 aliphatic rings. The number of esters is 1. The number of halogens is 1. The molecule has 3 aromatic rings. The van der Waals surface area contributed by atoms with E-state index in [0.29, 0.717) is 5.56 Å². The highest BCUT2D eigenvalue weighted by molar-refractivity contribution is 9.10. The van der Waals surface area contributed by atoms with Gasteiger partial charge >= 0.3 is 5.97 Å². The van der Waals surface area contributed by atoms with Crippen LogP contribution >= 0.6 is 15.9 Å². The van der Waals surface area contributed by atoms with E-state index >= 15 is 0 Å². The van der Waals surface area contributed by atoms with Gasteiger partial charge in [0.15, 0.2) is 0 Å². The fraction of sp³-hybridized carbons (Fsp3) is 0.158. The van der Waals surface area contributed by atoms with Gasteiger partial charge in [-0.3, -0.25) is 4.98 Å². The maximum Gasteiger partial charge on any atom is 0.338 e. The second-order valence-electron chi connectivity index (χ2n) is 5.68. The molecule has 0 aliphatic carbocycles. The first kappa shape index (κ1) is 16.5. The van der Waals surface area contributed by atoms with Gasteiger partial charge in [0, 0.05) is 27.4 Å². The number of carbonyl (C=O) groups excluding carboxylic acids is 1. The highest BCUT2D eigenvalue weighted by Gasteiger charge is 2.09. The first-order valence-corrected chi connectivity index (χ1v) is 8.44. The average Bonchev–Trinajstić information content (AvgIpc) is 2.55. The summed E-state index contributed by atoms with van der Waals surface area (Å²) in [5, 5.41) is 4.40. The second-order valence-corrected chi connectivity index (χ2v) is 6.59. The molecule has 1 aromatic heterocycles. The molecule has 5 heteroatoms. The van der Waals surface area contributed by atoms with Crippen molar-refractivity contribution in [3.05, 3.63) is 64.8 Å². The fourth-order valence-electron chi connectivity index (χ4n) is 2.36. The van der Waals surface area contributed by atoms with Gasteiger partial charge in [0.1, 0.15) is 0 Å². The molecule has 0 radical (unpaired) electrons. The van der Waals surface area contributed by atoms with Gasteiger partial charge in [-0.05, 0) is 62.4 Å². The van der Waals surface area contributed by atoms with Crippen LogP contribution in [0.2, 0.25) is 0 Å². The molecule has 24 heavy (non-hydrogen) atoms. The zero-order valence-electron chi connectivity index (χ0n) is 13.4. The van der Waals surface area contributed by atoms with Crippen molar-refractivity contribution in [3.8, 4) is 0 Å². The van der Waals surface area contributed by atoms with Crippen molar-refractivity contribution in [1.29, 1.82) is 0 Å². The van der Waals surface area contributed by atoms with Gasteiger partial charge in [0.05, 0.1) is 17.2 Å². The van der Waals surface area contributed by atoms with Crippen LogP contribution in [0.15, 0.2) is 59.2 Å². The summed E-state index contributed by atoms with van der Waals surface area (Å²) < 4.78 is 6.18. The van der Waals surface area contributed by atoms with Crippen LogP contribution < -0.4 is 5.32 Å². The Morgan fingerprint density at radius 2 is 1.88 bits per heavy atom. The summed E-state index contributed by atoms with van der Waals surface area (Å²) in [6.45, 7) is 3.67. The summed E-state index contributed by atoms with van der Waals surface area (Å²) in [6.07, 6.45) is 1.64. The fourth-order valence-corrected chi connectivity index (χ4v) is 2.71. The molecule has 0 aliphatic heterocycles. The number of anilines is 2. The third-order valence-electron chi connectivity index (χ3n) is 3.45. The van der Waals surface area contributed by atoms with E-state index < -0.39 is 0 Å². The van der Waals surface area contributed by atoms with Crippen LogP contribution in [-0.4, -0.2) is 17.1 Å². The van der Waals surface area contributed by atoms with Gasteiger partial charge in [0.2, 0.25) is 0 Å². The summed E-state index contributed by atoms with van der Waals surface area (Å²) in [4.78, 5) is 16.3. The van der Waals surface area contributed by atoms with Gasteiger partial charge in [-0.25, -0.2) is 4.79 Å². The lowest BCUT2D eigenvalue weighted by atomic mass is 10.1. The molecule has 0 saturated carbocycles. The third-order valence-corrected chi connectivity index (χ3v) is 3.94. The van der Waals surface area contributed by atoms with E-state index in [1.54, 1.807) is 18.3 Å². The Balaban J connectivity index is 1.83. The minimum absolute atomic E-state index is 0.127. The molecule has 0 spiro atoms. The monoisotopic (exact) mass is 384 g/mol. The maximum absolute atomic E-state index is 11.9. The zero-order chi connectivity index (χ0) is 17.1. The third kappa shape index (κ3) is 3.74. The largest absolute Gasteiger partial charge is 0.459 e. The predicted molar refractivity (Wildman–Crippen MR) is 99.7 cm³/mol. The molecule has 3 rings (SSSR count). The number of aromatic nitrogens is 1. The standard InChI is InChI=1S/C19H17BrN2O2/c1-12(2)24-19(23)13-3-6-15(7-4-13)22-17-9-10-21-18-11-14(20)5-8-16(17)18/h3-12H,1-2H3,(H,21,22). The van der Waals surface area contributed by atoms with E-state index in [1.807, 2.05) is 50.2 Å². The summed E-state index contributed by atoms with van der Waals surface area (Å²) in [5.74, 6) is -0.309. The van der Waals surface area contributed by atoms with Gasteiger partial charge in [-0.15, -0.1) is 0 Å². The lowest BCUT2D eigenvalue weighted by molar-refractivity contribution is 0.0378. The molecule has 0 bridgehead atoms. The normalized spacial score (nSPS) is 10.8. The number of hydrogen-bond acceptors (Lipinski definition) is 4. The number of ether oxygens (including phenoxy) is 1. The Kier molecular flexibility index (Phi) is 4.81. The lowest BCUT2D eigenvalue weighted by Gasteiger charge is -2.11. The van der Waals surface area contributed by atoms with Crippen molar-refractivity contribution in [2.75, 3.05) is 5.32 Å². The maximum atomic E-state index is 11.9. The first-order valence-electron chi connectivity index (χ1n) is 7.65. The van der Waals surface area contributed by atoms with E-state index in [9.17, 15) is 4.79 Å². The van der Waals surface area contributed by atoms with E-state index in [0.717, 1.165) is 26.8 Å². The average molecular weight is 385 g/mol. The molecule has 2 aromatic carbocycles. The molecule has 0 unspecified atom stereocenters. The molecule has 0 saturated heterocycles. The van der Waals surface area contributed by atoms with E-state index in [4.69, 9.17) is 4.74 Å². The number of nitrogens with one attached hydrogen (secondary N) is 1. The van der Waals surface area contributed by atoms with E-state index in [1.165, 1.54) is 0 Å². The molecule has 1 heterocycles. The number of benzene rings is 2. The Bertz CT molecular complexity index is 876. The van der Waals surface area contributed by atoms with Crippen LogP contribution in [0.25, 0.3) is 10.9 Å². The molecule has 122 valence electrons. The first-order chi connectivity index (χ1) is 11.5. The highest BCUT2D eigenvalue weighted by atomic mass is 79.9. The number of nitrogens with zero attached hydrogens (tertiary/aromatic N) is 1. The van der Waals surface area contributed by atoms with Gasteiger partial charge in [-0.2, -0.15) is 0 Å². The van der Waals surface area contributed by atoms with Gasteiger partial charge in [0.25, 0.3) is 0 Å². The number of fused-ring (bicyclic) bond motifs is 1.